The van der Waals surface area contributed by atoms with Gasteiger partial charge < -0.3 is 15.4 Å². The van der Waals surface area contributed by atoms with E-state index >= 15 is 0 Å². The number of methoxy groups -OCH3 is 1. The molecule has 0 unspecified atom stereocenters. The summed E-state index contributed by atoms with van der Waals surface area (Å²) in [7, 11) is 1.26. The van der Waals surface area contributed by atoms with Crippen LogP contribution in [0.25, 0.3) is 0 Å². The molecule has 0 saturated heterocycles. The normalized spacial score (nSPS) is 11.4. The Morgan fingerprint density at radius 2 is 2.00 bits per heavy atom. The number of esters is 1. The molecule has 0 heterocycles. The third-order valence-electron chi connectivity index (χ3n) is 1.57. The maximum absolute atomic E-state index is 11.6. The van der Waals surface area contributed by atoms with Crippen molar-refractivity contribution in [2.75, 3.05) is 13.7 Å². The Hall–Kier alpha value is -2.03. The van der Waals surface area contributed by atoms with Crippen LogP contribution in [0.1, 0.15) is 20.8 Å². The van der Waals surface area contributed by atoms with Gasteiger partial charge in [-0.3, -0.25) is 9.59 Å². The summed E-state index contributed by atoms with van der Waals surface area (Å²) in [4.78, 5) is 22.4. The lowest BCUT2D eigenvalue weighted by Gasteiger charge is -2.19. The molecule has 0 fully saturated rings. The minimum atomic E-state index is -0.489. The lowest BCUT2D eigenvalue weighted by Crippen LogP contribution is -2.41. The zero-order valence-corrected chi connectivity index (χ0v) is 10.5. The van der Waals surface area contributed by atoms with Crippen molar-refractivity contribution < 1.29 is 14.3 Å². The largest absolute Gasteiger partial charge is 0.468 e. The van der Waals surface area contributed by atoms with Gasteiger partial charge in [-0.1, -0.05) is 0 Å². The number of rotatable bonds is 4. The molecule has 0 atom stereocenters. The van der Waals surface area contributed by atoms with Gasteiger partial charge in [0.1, 0.15) is 18.2 Å². The summed E-state index contributed by atoms with van der Waals surface area (Å²) in [6, 6.07) is 1.75. The van der Waals surface area contributed by atoms with Crippen LogP contribution in [0, 0.1) is 11.3 Å². The minimum Gasteiger partial charge on any atom is -0.468 e. The third kappa shape index (κ3) is 6.95. The van der Waals surface area contributed by atoms with Gasteiger partial charge in [0.05, 0.1) is 7.11 Å². The van der Waals surface area contributed by atoms with E-state index < -0.39 is 17.4 Å². The molecule has 17 heavy (non-hydrogen) atoms. The zero-order chi connectivity index (χ0) is 13.5. The molecular weight excluding hydrogens is 222 g/mol. The monoisotopic (exact) mass is 239 g/mol. The number of carbonyl (C=O) groups excluding carboxylic acids is 2. The van der Waals surface area contributed by atoms with Crippen molar-refractivity contribution in [3.05, 3.63) is 11.8 Å². The third-order valence-corrected chi connectivity index (χ3v) is 1.57. The standard InChI is InChI=1S/C11H17N3O3/c1-11(2,3)14-10(16)8(5-12)6-13-7-9(15)17-4/h6,13H,7H2,1-4H3,(H,14,16)/b8-6-. The molecule has 1 amide bonds. The Labute approximate surface area is 101 Å². The first-order valence-corrected chi connectivity index (χ1v) is 5.03. The molecule has 0 bridgehead atoms. The Balaban J connectivity index is 4.43. The molecule has 0 saturated carbocycles. The lowest BCUT2D eigenvalue weighted by atomic mass is 10.1. The zero-order valence-electron chi connectivity index (χ0n) is 10.5. The van der Waals surface area contributed by atoms with Gasteiger partial charge in [0, 0.05) is 11.7 Å². The first kappa shape index (κ1) is 15.0. The van der Waals surface area contributed by atoms with Crippen molar-refractivity contribution >= 4 is 11.9 Å². The molecule has 6 nitrogen and oxygen atoms in total. The number of hydrogen-bond acceptors (Lipinski definition) is 5. The fraction of sp³-hybridized carbons (Fsp3) is 0.545. The first-order chi connectivity index (χ1) is 7.80. The van der Waals surface area contributed by atoms with Gasteiger partial charge in [0.25, 0.3) is 5.91 Å². The number of nitriles is 1. The van der Waals surface area contributed by atoms with Crippen molar-refractivity contribution in [3.8, 4) is 6.07 Å². The second-order valence-corrected chi connectivity index (χ2v) is 4.33. The molecule has 0 aliphatic rings. The van der Waals surface area contributed by atoms with Crippen LogP contribution in [0.5, 0.6) is 0 Å². The van der Waals surface area contributed by atoms with E-state index in [4.69, 9.17) is 5.26 Å². The number of nitrogens with one attached hydrogen (secondary N) is 2. The predicted octanol–water partition coefficient (Wildman–Crippen LogP) is 0.0712. The highest BCUT2D eigenvalue weighted by Gasteiger charge is 2.17. The van der Waals surface area contributed by atoms with Crippen LogP contribution in [-0.2, 0) is 14.3 Å². The SMILES string of the molecule is COC(=O)CN/C=C(/C#N)C(=O)NC(C)(C)C. The van der Waals surface area contributed by atoms with Crippen molar-refractivity contribution in [2.45, 2.75) is 26.3 Å². The van der Waals surface area contributed by atoms with Crippen molar-refractivity contribution in [2.24, 2.45) is 0 Å². The number of nitrogens with zero attached hydrogens (tertiary/aromatic N) is 1. The molecule has 0 aromatic heterocycles. The molecule has 0 aliphatic carbocycles. The average molecular weight is 239 g/mol. The summed E-state index contributed by atoms with van der Waals surface area (Å²) in [5, 5.41) is 14.0. The fourth-order valence-corrected chi connectivity index (χ4v) is 0.865. The Morgan fingerprint density at radius 1 is 1.41 bits per heavy atom. The molecule has 0 aromatic rings. The summed E-state index contributed by atoms with van der Waals surface area (Å²) in [6.07, 6.45) is 1.19. The molecule has 0 rings (SSSR count). The maximum Gasteiger partial charge on any atom is 0.325 e. The summed E-state index contributed by atoms with van der Waals surface area (Å²) in [5.41, 5.74) is -0.515. The van der Waals surface area contributed by atoms with Crippen molar-refractivity contribution in [1.82, 2.24) is 10.6 Å². The molecular formula is C11H17N3O3. The maximum atomic E-state index is 11.6. The number of ether oxygens (including phenoxy) is 1. The van der Waals surface area contributed by atoms with Gasteiger partial charge in [-0.2, -0.15) is 5.26 Å². The average Bonchev–Trinajstić information content (AvgIpc) is 2.21. The molecule has 2 N–H and O–H groups in total. The topological polar surface area (TPSA) is 91.2 Å². The molecule has 0 spiro atoms. The van der Waals surface area contributed by atoms with Gasteiger partial charge in [-0.25, -0.2) is 0 Å². The van der Waals surface area contributed by atoms with Crippen LogP contribution in [0.15, 0.2) is 11.8 Å². The first-order valence-electron chi connectivity index (χ1n) is 5.03. The van der Waals surface area contributed by atoms with E-state index in [-0.39, 0.29) is 12.1 Å². The van der Waals surface area contributed by atoms with Crippen LogP contribution in [0.2, 0.25) is 0 Å². The smallest absolute Gasteiger partial charge is 0.325 e. The van der Waals surface area contributed by atoms with Gasteiger partial charge in [-0.15, -0.1) is 0 Å². The van der Waals surface area contributed by atoms with E-state index in [1.165, 1.54) is 13.3 Å². The second-order valence-electron chi connectivity index (χ2n) is 4.33. The number of amides is 1. The predicted molar refractivity (Wildman–Crippen MR) is 61.6 cm³/mol. The van der Waals surface area contributed by atoms with Crippen molar-refractivity contribution in [3.63, 3.8) is 0 Å². The van der Waals surface area contributed by atoms with Crippen LogP contribution in [0.4, 0.5) is 0 Å². The summed E-state index contributed by atoms with van der Waals surface area (Å²) in [5.74, 6) is -0.966. The minimum absolute atomic E-state index is 0.0928. The summed E-state index contributed by atoms with van der Waals surface area (Å²) in [6.45, 7) is 5.33. The van der Waals surface area contributed by atoms with Gasteiger partial charge in [-0.05, 0) is 20.8 Å². The molecule has 0 radical (unpaired) electrons. The van der Waals surface area contributed by atoms with Crippen LogP contribution in [-0.4, -0.2) is 31.1 Å². The van der Waals surface area contributed by atoms with Gasteiger partial charge in [0.15, 0.2) is 0 Å². The number of hydrogen-bond donors (Lipinski definition) is 2. The van der Waals surface area contributed by atoms with E-state index in [0.29, 0.717) is 0 Å². The fourth-order valence-electron chi connectivity index (χ4n) is 0.865. The van der Waals surface area contributed by atoms with E-state index in [2.05, 4.69) is 15.4 Å². The molecule has 6 heteroatoms. The Morgan fingerprint density at radius 3 is 2.41 bits per heavy atom. The van der Waals surface area contributed by atoms with E-state index in [1.807, 2.05) is 20.8 Å². The van der Waals surface area contributed by atoms with Crippen LogP contribution in [0.3, 0.4) is 0 Å². The van der Waals surface area contributed by atoms with E-state index in [1.54, 1.807) is 6.07 Å². The van der Waals surface area contributed by atoms with Crippen LogP contribution >= 0.6 is 0 Å². The highest BCUT2D eigenvalue weighted by Crippen LogP contribution is 2.01. The highest BCUT2D eigenvalue weighted by atomic mass is 16.5. The quantitative estimate of drug-likeness (QED) is 0.411. The molecule has 94 valence electrons. The Bertz CT molecular complexity index is 361. The molecule has 0 aliphatic heterocycles. The van der Waals surface area contributed by atoms with E-state index in [0.717, 1.165) is 0 Å². The number of carbonyl (C=O) groups is 2. The van der Waals surface area contributed by atoms with Crippen LogP contribution < -0.4 is 10.6 Å². The van der Waals surface area contributed by atoms with E-state index in [9.17, 15) is 9.59 Å². The van der Waals surface area contributed by atoms with Gasteiger partial charge in [0.2, 0.25) is 0 Å². The molecule has 0 aromatic carbocycles. The lowest BCUT2D eigenvalue weighted by molar-refractivity contribution is -0.139. The Kier molecular flexibility index (Phi) is 5.75. The van der Waals surface area contributed by atoms with Gasteiger partial charge >= 0.3 is 5.97 Å². The second kappa shape index (κ2) is 6.53. The summed E-state index contributed by atoms with van der Waals surface area (Å²) < 4.78 is 4.39. The highest BCUT2D eigenvalue weighted by molar-refractivity contribution is 5.97. The summed E-state index contributed by atoms with van der Waals surface area (Å²) >= 11 is 0. The van der Waals surface area contributed by atoms with Crippen molar-refractivity contribution in [1.29, 1.82) is 5.26 Å².